The lowest BCUT2D eigenvalue weighted by Gasteiger charge is -2.19. The molecule has 1 aromatic carbocycles. The van der Waals surface area contributed by atoms with Gasteiger partial charge in [-0.1, -0.05) is 31.9 Å². The zero-order valence-corrected chi connectivity index (χ0v) is 21.1. The van der Waals surface area contributed by atoms with Crippen molar-refractivity contribution < 1.29 is 4.79 Å². The predicted molar refractivity (Wildman–Crippen MR) is 138 cm³/mol. The fraction of sp³-hybridized carbons (Fsp3) is 0.536. The molecule has 0 radical (unpaired) electrons. The molecule has 0 unspecified atom stereocenters. The molecular weight excluding hydrogens is 422 g/mol. The maximum absolute atomic E-state index is 12.6. The number of carbonyl (C=O) groups is 1. The molecule has 34 heavy (non-hydrogen) atoms. The number of likely N-dealkylation sites (tertiary alicyclic amines) is 1. The SMILES string of the molecule is CCc1nc2c(C)cc(C)nc2n1Cc1ccc(C(=O)NCCCCN2CCCCCC2)cc1. The number of imidazole rings is 1. The maximum Gasteiger partial charge on any atom is 0.251 e. The quantitative estimate of drug-likeness (QED) is 0.453. The zero-order valence-electron chi connectivity index (χ0n) is 21.1. The van der Waals surface area contributed by atoms with E-state index in [1.54, 1.807) is 0 Å². The Kier molecular flexibility index (Phi) is 8.33. The van der Waals surface area contributed by atoms with Crippen LogP contribution in [0.1, 0.15) is 78.5 Å². The lowest BCUT2D eigenvalue weighted by Crippen LogP contribution is -2.28. The van der Waals surface area contributed by atoms with Crippen LogP contribution < -0.4 is 5.32 Å². The second-order valence-electron chi connectivity index (χ2n) is 9.64. The minimum absolute atomic E-state index is 0.0107. The highest BCUT2D eigenvalue weighted by atomic mass is 16.1. The Hall–Kier alpha value is -2.73. The number of rotatable bonds is 9. The summed E-state index contributed by atoms with van der Waals surface area (Å²) in [6, 6.07) is 10.0. The fourth-order valence-corrected chi connectivity index (χ4v) is 4.95. The summed E-state index contributed by atoms with van der Waals surface area (Å²) in [5, 5.41) is 3.09. The molecule has 6 nitrogen and oxygen atoms in total. The standard InChI is InChI=1S/C28H39N5O/c1-4-25-31-26-21(2)19-22(3)30-27(26)33(25)20-23-11-13-24(14-12-23)28(34)29-15-7-10-18-32-16-8-5-6-9-17-32/h11-14,19H,4-10,15-18,20H2,1-3H3,(H,29,34). The second kappa shape index (κ2) is 11.6. The van der Waals surface area contributed by atoms with Crippen molar-refractivity contribution in [3.63, 3.8) is 0 Å². The smallest absolute Gasteiger partial charge is 0.251 e. The molecule has 0 spiro atoms. The molecule has 1 aliphatic heterocycles. The average Bonchev–Trinajstić information content (AvgIpc) is 2.99. The van der Waals surface area contributed by atoms with Crippen LogP contribution in [0.3, 0.4) is 0 Å². The van der Waals surface area contributed by atoms with Gasteiger partial charge in [0.2, 0.25) is 0 Å². The van der Waals surface area contributed by atoms with Crippen LogP contribution in [0.5, 0.6) is 0 Å². The van der Waals surface area contributed by atoms with E-state index in [2.05, 4.69) is 34.7 Å². The predicted octanol–water partition coefficient (Wildman–Crippen LogP) is 5.04. The highest BCUT2D eigenvalue weighted by Crippen LogP contribution is 2.21. The Balaban J connectivity index is 1.30. The molecule has 1 aliphatic rings. The Labute approximate surface area is 203 Å². The van der Waals surface area contributed by atoms with Gasteiger partial charge in [0, 0.05) is 24.2 Å². The van der Waals surface area contributed by atoms with Crippen LogP contribution in [0.4, 0.5) is 0 Å². The van der Waals surface area contributed by atoms with Crippen molar-refractivity contribution in [3.05, 3.63) is 58.5 Å². The summed E-state index contributed by atoms with van der Waals surface area (Å²) >= 11 is 0. The third kappa shape index (κ3) is 6.03. The number of benzene rings is 1. The molecule has 1 N–H and O–H groups in total. The minimum Gasteiger partial charge on any atom is -0.352 e. The lowest BCUT2D eigenvalue weighted by molar-refractivity contribution is 0.0952. The summed E-state index contributed by atoms with van der Waals surface area (Å²) in [7, 11) is 0. The minimum atomic E-state index is 0.0107. The van der Waals surface area contributed by atoms with Crippen LogP contribution >= 0.6 is 0 Å². The van der Waals surface area contributed by atoms with E-state index in [0.29, 0.717) is 12.1 Å². The average molecular weight is 462 g/mol. The van der Waals surface area contributed by atoms with Gasteiger partial charge in [-0.2, -0.15) is 0 Å². The summed E-state index contributed by atoms with van der Waals surface area (Å²) in [5.41, 5.74) is 5.95. The number of nitrogens with zero attached hydrogens (tertiary/aromatic N) is 4. The van der Waals surface area contributed by atoms with E-state index >= 15 is 0 Å². The first-order valence-electron chi connectivity index (χ1n) is 13.0. The van der Waals surface area contributed by atoms with Gasteiger partial charge in [-0.05, 0) is 88.5 Å². The number of aryl methyl sites for hydroxylation is 3. The first kappa shape index (κ1) is 24.4. The molecular formula is C28H39N5O. The number of hydrogen-bond donors (Lipinski definition) is 1. The first-order valence-corrected chi connectivity index (χ1v) is 13.0. The highest BCUT2D eigenvalue weighted by molar-refractivity contribution is 5.94. The van der Waals surface area contributed by atoms with Crippen molar-refractivity contribution in [2.75, 3.05) is 26.2 Å². The summed E-state index contributed by atoms with van der Waals surface area (Å²) in [6.45, 7) is 11.3. The molecule has 3 heterocycles. The molecule has 0 saturated carbocycles. The van der Waals surface area contributed by atoms with Crippen molar-refractivity contribution in [1.82, 2.24) is 24.8 Å². The van der Waals surface area contributed by atoms with E-state index in [-0.39, 0.29) is 5.91 Å². The third-order valence-corrected chi connectivity index (χ3v) is 6.86. The number of carbonyl (C=O) groups excluding carboxylic acids is 1. The molecule has 0 bridgehead atoms. The number of amides is 1. The Morgan fingerprint density at radius 2 is 1.74 bits per heavy atom. The van der Waals surface area contributed by atoms with Gasteiger partial charge in [-0.15, -0.1) is 0 Å². The van der Waals surface area contributed by atoms with Crippen LogP contribution in [0.25, 0.3) is 11.2 Å². The molecule has 6 heteroatoms. The van der Waals surface area contributed by atoms with E-state index in [1.165, 1.54) is 38.8 Å². The molecule has 0 atom stereocenters. The largest absolute Gasteiger partial charge is 0.352 e. The summed E-state index contributed by atoms with van der Waals surface area (Å²) in [6.07, 6.45) is 8.44. The van der Waals surface area contributed by atoms with Crippen LogP contribution in [0.2, 0.25) is 0 Å². The second-order valence-corrected chi connectivity index (χ2v) is 9.64. The molecule has 0 aliphatic carbocycles. The van der Waals surface area contributed by atoms with Gasteiger partial charge in [-0.25, -0.2) is 9.97 Å². The van der Waals surface area contributed by atoms with Crippen molar-refractivity contribution in [1.29, 1.82) is 0 Å². The van der Waals surface area contributed by atoms with Crippen LogP contribution in [-0.4, -0.2) is 51.5 Å². The fourth-order valence-electron chi connectivity index (χ4n) is 4.95. The number of unbranched alkanes of at least 4 members (excludes halogenated alkanes) is 1. The van der Waals surface area contributed by atoms with Crippen molar-refractivity contribution in [2.45, 2.75) is 72.3 Å². The van der Waals surface area contributed by atoms with E-state index < -0.39 is 0 Å². The Morgan fingerprint density at radius 1 is 1.00 bits per heavy atom. The molecule has 1 amide bonds. The van der Waals surface area contributed by atoms with E-state index in [4.69, 9.17) is 9.97 Å². The van der Waals surface area contributed by atoms with Crippen LogP contribution in [0, 0.1) is 13.8 Å². The lowest BCUT2D eigenvalue weighted by atomic mass is 10.1. The maximum atomic E-state index is 12.6. The molecule has 1 saturated heterocycles. The van der Waals surface area contributed by atoms with Gasteiger partial charge >= 0.3 is 0 Å². The number of hydrogen-bond acceptors (Lipinski definition) is 4. The van der Waals surface area contributed by atoms with Gasteiger partial charge < -0.3 is 14.8 Å². The van der Waals surface area contributed by atoms with Gasteiger partial charge in [0.05, 0.1) is 6.54 Å². The topological polar surface area (TPSA) is 63.1 Å². The molecule has 4 rings (SSSR count). The number of pyridine rings is 1. The van der Waals surface area contributed by atoms with Gasteiger partial charge in [0.15, 0.2) is 5.65 Å². The molecule has 2 aromatic heterocycles. The van der Waals surface area contributed by atoms with Crippen LogP contribution in [0.15, 0.2) is 30.3 Å². The van der Waals surface area contributed by atoms with Gasteiger partial charge in [-0.3, -0.25) is 4.79 Å². The normalized spacial score (nSPS) is 14.9. The first-order chi connectivity index (χ1) is 16.5. The molecule has 1 fully saturated rings. The monoisotopic (exact) mass is 461 g/mol. The van der Waals surface area contributed by atoms with Crippen molar-refractivity contribution >= 4 is 17.1 Å². The Morgan fingerprint density at radius 3 is 2.44 bits per heavy atom. The van der Waals surface area contributed by atoms with Crippen molar-refractivity contribution in [3.8, 4) is 0 Å². The highest BCUT2D eigenvalue weighted by Gasteiger charge is 2.14. The van der Waals surface area contributed by atoms with Crippen LogP contribution in [-0.2, 0) is 13.0 Å². The third-order valence-electron chi connectivity index (χ3n) is 6.86. The summed E-state index contributed by atoms with van der Waals surface area (Å²) < 4.78 is 2.20. The number of fused-ring (bicyclic) bond motifs is 1. The molecule has 182 valence electrons. The zero-order chi connectivity index (χ0) is 23.9. The van der Waals surface area contributed by atoms with Gasteiger partial charge in [0.25, 0.3) is 5.91 Å². The summed E-state index contributed by atoms with van der Waals surface area (Å²) in [4.78, 5) is 24.8. The summed E-state index contributed by atoms with van der Waals surface area (Å²) in [5.74, 6) is 1.05. The number of aromatic nitrogens is 3. The van der Waals surface area contributed by atoms with E-state index in [0.717, 1.165) is 66.2 Å². The number of nitrogens with one attached hydrogen (secondary N) is 1. The van der Waals surface area contributed by atoms with Crippen molar-refractivity contribution in [2.24, 2.45) is 0 Å². The van der Waals surface area contributed by atoms with Gasteiger partial charge in [0.1, 0.15) is 11.3 Å². The molecule has 3 aromatic rings. The van der Waals surface area contributed by atoms with E-state index in [1.807, 2.05) is 31.2 Å². The Bertz CT molecular complexity index is 1090. The van der Waals surface area contributed by atoms with E-state index in [9.17, 15) is 4.79 Å².